The summed E-state index contributed by atoms with van der Waals surface area (Å²) in [7, 11) is 6.44. The molecule has 2 aliphatic heterocycles. The van der Waals surface area contributed by atoms with E-state index >= 15 is 0 Å². The van der Waals surface area contributed by atoms with Gasteiger partial charge in [-0.3, -0.25) is 0 Å². The fourth-order valence-electron chi connectivity index (χ4n) is 7.31. The molecule has 0 unspecified atom stereocenters. The van der Waals surface area contributed by atoms with Crippen LogP contribution in [-0.2, 0) is 0 Å². The molecule has 9 nitrogen and oxygen atoms in total. The van der Waals surface area contributed by atoms with Gasteiger partial charge in [0.25, 0.3) is 0 Å². The lowest BCUT2D eigenvalue weighted by Crippen LogP contribution is -2.37. The van der Waals surface area contributed by atoms with Crippen LogP contribution in [0.3, 0.4) is 0 Å². The molecule has 1 aliphatic carbocycles. The molecule has 3 aromatic carbocycles. The standard InChI is InChI=1S/C35H42O9S2/c1-18-4-6-21-23-14-20(38)5-7-22(23)30-26(43-10-9-36)15-27-31(32(30)24(21)16-37)25(17-46-45-11-8-18)33(39)35(44-27)19-12-28(41-2)34(40)29(13-19)42-3/h5,7,12-15,18,21,24-25,33,35-40H,4,6,8-11,16-17H2,1-3H3/t18-,21-,24+,25-,33-,35+/m1/s1. The summed E-state index contributed by atoms with van der Waals surface area (Å²) in [5, 5.41) is 54.3. The number of aromatic hydroxyl groups is 2. The molecule has 0 saturated heterocycles. The first-order valence-electron chi connectivity index (χ1n) is 15.7. The van der Waals surface area contributed by atoms with Gasteiger partial charge in [0.2, 0.25) is 5.75 Å². The summed E-state index contributed by atoms with van der Waals surface area (Å²) in [4.78, 5) is 0. The molecule has 3 aromatic rings. The van der Waals surface area contributed by atoms with Gasteiger partial charge in [0.15, 0.2) is 17.6 Å². The van der Waals surface area contributed by atoms with Crippen LogP contribution in [0.2, 0.25) is 0 Å². The van der Waals surface area contributed by atoms with Crippen molar-refractivity contribution in [3.05, 3.63) is 58.7 Å². The highest BCUT2D eigenvalue weighted by atomic mass is 33.1. The minimum atomic E-state index is -0.990. The van der Waals surface area contributed by atoms with Gasteiger partial charge in [0.1, 0.15) is 30.0 Å². The molecule has 5 N–H and O–H groups in total. The number of benzene rings is 3. The highest BCUT2D eigenvalue weighted by molar-refractivity contribution is 8.76. The zero-order chi connectivity index (χ0) is 32.5. The first-order valence-corrected chi connectivity index (χ1v) is 18.2. The van der Waals surface area contributed by atoms with E-state index in [4.69, 9.17) is 18.9 Å². The topological polar surface area (TPSA) is 138 Å². The van der Waals surface area contributed by atoms with E-state index in [0.29, 0.717) is 28.7 Å². The lowest BCUT2D eigenvalue weighted by atomic mass is 9.66. The van der Waals surface area contributed by atoms with Crippen LogP contribution in [0.4, 0.5) is 0 Å². The molecule has 2 heterocycles. The Bertz CT molecular complexity index is 1540. The molecular weight excluding hydrogens is 629 g/mol. The zero-order valence-electron chi connectivity index (χ0n) is 26.3. The third-order valence-electron chi connectivity index (χ3n) is 9.61. The number of phenols is 2. The van der Waals surface area contributed by atoms with Crippen LogP contribution < -0.4 is 18.9 Å². The van der Waals surface area contributed by atoms with Gasteiger partial charge in [0.05, 0.1) is 27.4 Å². The summed E-state index contributed by atoms with van der Waals surface area (Å²) in [6.07, 6.45) is 1.02. The maximum absolute atomic E-state index is 12.2. The van der Waals surface area contributed by atoms with Crippen LogP contribution in [0.5, 0.6) is 34.5 Å². The number of phenolic OH excluding ortho intramolecular Hbond substituents is 2. The predicted molar refractivity (Wildman–Crippen MR) is 180 cm³/mol. The average Bonchev–Trinajstić information content (AvgIpc) is 3.06. The van der Waals surface area contributed by atoms with Gasteiger partial charge < -0.3 is 44.5 Å². The summed E-state index contributed by atoms with van der Waals surface area (Å²) in [5.41, 5.74) is 4.97. The second kappa shape index (κ2) is 14.0. The predicted octanol–water partition coefficient (Wildman–Crippen LogP) is 6.11. The quantitative estimate of drug-likeness (QED) is 0.186. The van der Waals surface area contributed by atoms with E-state index in [1.165, 1.54) is 14.2 Å². The number of hydrogen-bond donors (Lipinski definition) is 5. The van der Waals surface area contributed by atoms with E-state index in [0.717, 1.165) is 52.8 Å². The zero-order valence-corrected chi connectivity index (χ0v) is 27.9. The van der Waals surface area contributed by atoms with Crippen LogP contribution in [-0.4, -0.2) is 77.2 Å². The maximum atomic E-state index is 12.2. The summed E-state index contributed by atoms with van der Waals surface area (Å²) < 4.78 is 23.7. The monoisotopic (exact) mass is 670 g/mol. The molecule has 0 aromatic heterocycles. The molecule has 0 radical (unpaired) electrons. The Morgan fingerprint density at radius 3 is 2.35 bits per heavy atom. The molecule has 11 heteroatoms. The fraction of sp³-hybridized carbons (Fsp3) is 0.486. The minimum Gasteiger partial charge on any atom is -0.508 e. The van der Waals surface area contributed by atoms with Gasteiger partial charge in [-0.15, -0.1) is 0 Å². The minimum absolute atomic E-state index is 0.0533. The van der Waals surface area contributed by atoms with E-state index in [-0.39, 0.29) is 60.6 Å². The first-order chi connectivity index (χ1) is 22.3. The van der Waals surface area contributed by atoms with E-state index in [1.54, 1.807) is 45.9 Å². The van der Waals surface area contributed by atoms with Crippen molar-refractivity contribution in [1.29, 1.82) is 0 Å². The van der Waals surface area contributed by atoms with Crippen molar-refractivity contribution >= 4 is 21.6 Å². The Morgan fingerprint density at radius 2 is 1.65 bits per heavy atom. The van der Waals surface area contributed by atoms with Gasteiger partial charge in [-0.25, -0.2) is 0 Å². The Hall–Kier alpha value is -2.96. The molecule has 6 rings (SSSR count). The largest absolute Gasteiger partial charge is 0.508 e. The molecule has 0 fully saturated rings. The third kappa shape index (κ3) is 5.96. The molecule has 248 valence electrons. The normalized spacial score (nSPS) is 25.6. The second-order valence-corrected chi connectivity index (χ2v) is 14.9. The van der Waals surface area contributed by atoms with Crippen LogP contribution >= 0.6 is 21.6 Å². The van der Waals surface area contributed by atoms with Gasteiger partial charge in [-0.05, 0) is 65.6 Å². The van der Waals surface area contributed by atoms with E-state index in [9.17, 15) is 25.5 Å². The molecule has 6 atom stereocenters. The Morgan fingerprint density at radius 1 is 0.891 bits per heavy atom. The number of fused-ring (bicyclic) bond motifs is 4. The molecule has 46 heavy (non-hydrogen) atoms. The summed E-state index contributed by atoms with van der Waals surface area (Å²) >= 11 is 0. The lowest BCUT2D eigenvalue weighted by molar-refractivity contribution is 0.00384. The highest BCUT2D eigenvalue weighted by Gasteiger charge is 2.46. The molecule has 3 aliphatic rings. The van der Waals surface area contributed by atoms with Gasteiger partial charge >= 0.3 is 0 Å². The Balaban J connectivity index is 1.61. The fourth-order valence-corrected chi connectivity index (χ4v) is 9.90. The summed E-state index contributed by atoms with van der Waals surface area (Å²) in [6, 6.07) is 10.5. The van der Waals surface area contributed by atoms with Crippen molar-refractivity contribution in [1.82, 2.24) is 0 Å². The van der Waals surface area contributed by atoms with Gasteiger partial charge in [-0.2, -0.15) is 0 Å². The summed E-state index contributed by atoms with van der Waals surface area (Å²) in [5.74, 6) is 2.70. The van der Waals surface area contributed by atoms with E-state index in [1.807, 2.05) is 12.1 Å². The van der Waals surface area contributed by atoms with Crippen LogP contribution in [0, 0.1) is 5.92 Å². The average molecular weight is 671 g/mol. The number of hydrogen-bond acceptors (Lipinski definition) is 11. The van der Waals surface area contributed by atoms with Crippen LogP contribution in [0.1, 0.15) is 72.3 Å². The van der Waals surface area contributed by atoms with Crippen molar-refractivity contribution in [2.24, 2.45) is 5.92 Å². The number of methoxy groups -OCH3 is 2. The van der Waals surface area contributed by atoms with Crippen molar-refractivity contribution in [2.75, 3.05) is 45.5 Å². The molecular formula is C35H42O9S2. The second-order valence-electron chi connectivity index (χ2n) is 12.3. The lowest BCUT2D eigenvalue weighted by Gasteiger charge is -2.43. The highest BCUT2D eigenvalue weighted by Crippen LogP contribution is 2.60. The van der Waals surface area contributed by atoms with Crippen LogP contribution in [0.25, 0.3) is 11.1 Å². The Kier molecular flexibility index (Phi) is 10.1. The van der Waals surface area contributed by atoms with Crippen molar-refractivity contribution < 1.29 is 44.5 Å². The maximum Gasteiger partial charge on any atom is 0.200 e. The SMILES string of the molecule is COc1cc([C@@H]2Oc3cc(OCCO)c4c5c3[C@@H](CSSCC[C@H](C)CC[C@H](c3cc(O)ccc3-4)[C@@H]5CO)[C@H]2O)cc(OC)c1O. The van der Waals surface area contributed by atoms with Crippen molar-refractivity contribution in [2.45, 2.75) is 56.1 Å². The molecule has 2 bridgehead atoms. The van der Waals surface area contributed by atoms with Crippen molar-refractivity contribution in [3.63, 3.8) is 0 Å². The van der Waals surface area contributed by atoms with Gasteiger partial charge in [0, 0.05) is 46.1 Å². The summed E-state index contributed by atoms with van der Waals surface area (Å²) in [6.45, 7) is 1.99. The first kappa shape index (κ1) is 33.0. The molecule has 0 spiro atoms. The van der Waals surface area contributed by atoms with Gasteiger partial charge in [-0.1, -0.05) is 41.0 Å². The van der Waals surface area contributed by atoms with E-state index in [2.05, 4.69) is 6.92 Å². The molecule has 0 saturated carbocycles. The molecule has 0 amide bonds. The number of ether oxygens (including phenoxy) is 4. The third-order valence-corrected chi connectivity index (χ3v) is 12.1. The number of rotatable bonds is 7. The van der Waals surface area contributed by atoms with Crippen LogP contribution in [0.15, 0.2) is 36.4 Å². The number of aliphatic hydroxyl groups excluding tert-OH is 3. The smallest absolute Gasteiger partial charge is 0.200 e. The van der Waals surface area contributed by atoms with E-state index < -0.39 is 12.2 Å². The Labute approximate surface area is 277 Å². The van der Waals surface area contributed by atoms with Crippen molar-refractivity contribution in [3.8, 4) is 45.6 Å². The number of aliphatic hydroxyl groups is 3.